The summed E-state index contributed by atoms with van der Waals surface area (Å²) in [6.45, 7) is 6.34. The Morgan fingerprint density at radius 1 is 1.21 bits per heavy atom. The maximum atomic E-state index is 15.9. The Kier molecular flexibility index (Phi) is 7.00. The van der Waals surface area contributed by atoms with Crippen LogP contribution in [-0.4, -0.2) is 53.1 Å². The fourth-order valence-electron chi connectivity index (χ4n) is 4.78. The molecule has 7 heteroatoms. The topological polar surface area (TPSA) is 47.4 Å². The fraction of sp³-hybridized carbons (Fsp3) is 0.481. The summed E-state index contributed by atoms with van der Waals surface area (Å²) in [5.41, 5.74) is 3.65. The molecule has 2 aliphatic rings. The molecule has 2 fully saturated rings. The Bertz CT molecular complexity index is 1200. The molecule has 180 valence electrons. The van der Waals surface area contributed by atoms with E-state index in [0.717, 1.165) is 50.1 Å². The van der Waals surface area contributed by atoms with Crippen LogP contribution in [0.2, 0.25) is 5.02 Å². The lowest BCUT2D eigenvalue weighted by atomic mass is 9.94. The van der Waals surface area contributed by atoms with Crippen molar-refractivity contribution in [1.29, 1.82) is 0 Å². The lowest BCUT2D eigenvalue weighted by molar-refractivity contribution is 0.0738. The van der Waals surface area contributed by atoms with Gasteiger partial charge in [-0.1, -0.05) is 17.7 Å². The van der Waals surface area contributed by atoms with Crippen molar-refractivity contribution >= 4 is 28.4 Å². The van der Waals surface area contributed by atoms with Crippen molar-refractivity contribution in [2.45, 2.75) is 45.6 Å². The van der Waals surface area contributed by atoms with E-state index in [-0.39, 0.29) is 12.4 Å². The second-order valence-corrected chi connectivity index (χ2v) is 10.1. The van der Waals surface area contributed by atoms with E-state index >= 15 is 4.39 Å². The predicted octanol–water partition coefficient (Wildman–Crippen LogP) is 5.43. The molecule has 0 spiro atoms. The van der Waals surface area contributed by atoms with E-state index in [0.29, 0.717) is 46.1 Å². The number of halogens is 2. The Balaban J connectivity index is 1.48. The summed E-state index contributed by atoms with van der Waals surface area (Å²) in [5, 5.41) is 0.638. The van der Waals surface area contributed by atoms with E-state index in [1.165, 1.54) is 12.8 Å². The van der Waals surface area contributed by atoms with Gasteiger partial charge in [0.05, 0.1) is 18.5 Å². The third-order valence-corrected chi connectivity index (χ3v) is 7.30. The monoisotopic (exact) mass is 483 g/mol. The number of hydrogen-bond acceptors (Lipinski definition) is 4. The van der Waals surface area contributed by atoms with Gasteiger partial charge in [0.25, 0.3) is 0 Å². The summed E-state index contributed by atoms with van der Waals surface area (Å²) in [6.07, 6.45) is 6.77. The minimum atomic E-state index is -0.419. The summed E-state index contributed by atoms with van der Waals surface area (Å²) in [7, 11) is 0. The second kappa shape index (κ2) is 10.1. The molecule has 1 saturated carbocycles. The number of Topliss-reactive ketones (excluding diaryl/α,β-unsaturated/α-hetero) is 1. The third kappa shape index (κ3) is 5.19. The molecule has 3 aromatic rings. The normalized spacial score (nSPS) is 16.6. The van der Waals surface area contributed by atoms with E-state index in [4.69, 9.17) is 16.3 Å². The molecule has 34 heavy (non-hydrogen) atoms. The molecule has 0 amide bonds. The standard InChI is InChI=1S/C27H31ClFN3O2/c1-18-12-21(28)7-6-20(18)13-23-22(25(33)16-34-15-19-4-5-19)14-24-27(26(23)29)30-17-32(24)11-10-31-8-2-3-9-31/h6-7,12,14,17,19H,2-5,8-11,13,15-16H2,1H3. The first-order valence-corrected chi connectivity index (χ1v) is 12.6. The van der Waals surface area contributed by atoms with Crippen LogP contribution in [0.4, 0.5) is 4.39 Å². The summed E-state index contributed by atoms with van der Waals surface area (Å²) < 4.78 is 23.5. The molecule has 2 aromatic carbocycles. The molecule has 0 bridgehead atoms. The van der Waals surface area contributed by atoms with Crippen molar-refractivity contribution in [2.24, 2.45) is 5.92 Å². The average molecular weight is 484 g/mol. The molecule has 1 aromatic heterocycles. The number of ketones is 1. The van der Waals surface area contributed by atoms with Crippen LogP contribution in [0.15, 0.2) is 30.6 Å². The Hall–Kier alpha value is -2.28. The average Bonchev–Trinajstić information content (AvgIpc) is 3.31. The molecule has 1 saturated heterocycles. The third-order valence-electron chi connectivity index (χ3n) is 7.07. The molecule has 5 rings (SSSR count). The van der Waals surface area contributed by atoms with Crippen LogP contribution >= 0.6 is 11.6 Å². The number of carbonyl (C=O) groups excluding carboxylic acids is 1. The van der Waals surface area contributed by atoms with E-state index in [2.05, 4.69) is 9.88 Å². The molecule has 0 atom stereocenters. The smallest absolute Gasteiger partial charge is 0.188 e. The summed E-state index contributed by atoms with van der Waals surface area (Å²) in [4.78, 5) is 20.1. The van der Waals surface area contributed by atoms with Crippen molar-refractivity contribution in [2.75, 3.05) is 32.8 Å². The molecule has 5 nitrogen and oxygen atoms in total. The molecule has 1 aliphatic heterocycles. The van der Waals surface area contributed by atoms with Crippen molar-refractivity contribution < 1.29 is 13.9 Å². The first-order valence-electron chi connectivity index (χ1n) is 12.2. The van der Waals surface area contributed by atoms with Gasteiger partial charge in [0.2, 0.25) is 0 Å². The number of carbonyl (C=O) groups is 1. The van der Waals surface area contributed by atoms with Gasteiger partial charge < -0.3 is 14.2 Å². The second-order valence-electron chi connectivity index (χ2n) is 9.70. The number of rotatable bonds is 10. The van der Waals surface area contributed by atoms with Gasteiger partial charge in [-0.25, -0.2) is 9.37 Å². The van der Waals surface area contributed by atoms with Gasteiger partial charge in [0.1, 0.15) is 12.1 Å². The number of benzene rings is 2. The SMILES string of the molecule is Cc1cc(Cl)ccc1Cc1c(C(=O)COCC2CC2)cc2c(ncn2CCN2CCCC2)c1F. The van der Waals surface area contributed by atoms with Crippen LogP contribution in [0.1, 0.15) is 52.7 Å². The van der Waals surface area contributed by atoms with Gasteiger partial charge in [-0.3, -0.25) is 4.79 Å². The van der Waals surface area contributed by atoms with Crippen LogP contribution in [0.5, 0.6) is 0 Å². The van der Waals surface area contributed by atoms with Crippen LogP contribution in [-0.2, 0) is 17.7 Å². The largest absolute Gasteiger partial charge is 0.373 e. The number of aryl methyl sites for hydroxylation is 1. The zero-order chi connectivity index (χ0) is 23.7. The highest BCUT2D eigenvalue weighted by atomic mass is 35.5. The zero-order valence-electron chi connectivity index (χ0n) is 19.7. The Morgan fingerprint density at radius 3 is 2.74 bits per heavy atom. The Morgan fingerprint density at radius 2 is 2.00 bits per heavy atom. The molecular weight excluding hydrogens is 453 g/mol. The maximum absolute atomic E-state index is 15.9. The van der Waals surface area contributed by atoms with Gasteiger partial charge in [-0.05, 0) is 80.9 Å². The van der Waals surface area contributed by atoms with E-state index in [1.54, 1.807) is 12.4 Å². The van der Waals surface area contributed by atoms with Gasteiger partial charge in [0.15, 0.2) is 11.6 Å². The maximum Gasteiger partial charge on any atom is 0.188 e. The number of aromatic nitrogens is 2. The highest BCUT2D eigenvalue weighted by molar-refractivity contribution is 6.30. The van der Waals surface area contributed by atoms with Crippen molar-refractivity contribution in [3.8, 4) is 0 Å². The van der Waals surface area contributed by atoms with E-state index in [1.807, 2.05) is 29.7 Å². The van der Waals surface area contributed by atoms with Gasteiger partial charge in [-0.2, -0.15) is 0 Å². The predicted molar refractivity (Wildman–Crippen MR) is 132 cm³/mol. The molecule has 1 aliphatic carbocycles. The van der Waals surface area contributed by atoms with Crippen molar-refractivity contribution in [3.63, 3.8) is 0 Å². The molecule has 0 N–H and O–H groups in total. The Labute approximate surface area is 204 Å². The highest BCUT2D eigenvalue weighted by Crippen LogP contribution is 2.30. The first-order chi connectivity index (χ1) is 16.5. The summed E-state index contributed by atoms with van der Waals surface area (Å²) in [5.74, 6) is -0.0390. The van der Waals surface area contributed by atoms with E-state index < -0.39 is 5.82 Å². The van der Waals surface area contributed by atoms with Gasteiger partial charge >= 0.3 is 0 Å². The van der Waals surface area contributed by atoms with Crippen molar-refractivity contribution in [1.82, 2.24) is 14.5 Å². The first kappa shape index (κ1) is 23.5. The number of likely N-dealkylation sites (tertiary alicyclic amines) is 1. The van der Waals surface area contributed by atoms with Crippen LogP contribution in [0, 0.1) is 18.7 Å². The zero-order valence-corrected chi connectivity index (χ0v) is 20.4. The highest BCUT2D eigenvalue weighted by Gasteiger charge is 2.25. The number of nitrogens with zero attached hydrogens (tertiary/aromatic N) is 3. The minimum Gasteiger partial charge on any atom is -0.373 e. The fourth-order valence-corrected chi connectivity index (χ4v) is 5.01. The van der Waals surface area contributed by atoms with Gasteiger partial charge in [-0.15, -0.1) is 0 Å². The number of imidazole rings is 1. The van der Waals surface area contributed by atoms with Crippen LogP contribution in [0.3, 0.4) is 0 Å². The number of hydrogen-bond donors (Lipinski definition) is 0. The minimum absolute atomic E-state index is 0.0318. The molecular formula is C27H31ClFN3O2. The van der Waals surface area contributed by atoms with Crippen LogP contribution < -0.4 is 0 Å². The molecule has 0 unspecified atom stereocenters. The lowest BCUT2D eigenvalue weighted by Crippen LogP contribution is -2.24. The van der Waals surface area contributed by atoms with Crippen molar-refractivity contribution in [3.05, 3.63) is 63.7 Å². The number of ether oxygens (including phenoxy) is 1. The number of fused-ring (bicyclic) bond motifs is 1. The van der Waals surface area contributed by atoms with Gasteiger partial charge in [0, 0.05) is 35.7 Å². The van der Waals surface area contributed by atoms with E-state index in [9.17, 15) is 4.79 Å². The summed E-state index contributed by atoms with van der Waals surface area (Å²) in [6, 6.07) is 7.38. The molecule has 0 radical (unpaired) electrons. The summed E-state index contributed by atoms with van der Waals surface area (Å²) >= 11 is 6.12. The van der Waals surface area contributed by atoms with Crippen LogP contribution in [0.25, 0.3) is 11.0 Å². The molecule has 2 heterocycles. The quantitative estimate of drug-likeness (QED) is 0.360. The lowest BCUT2D eigenvalue weighted by Gasteiger charge is -2.16.